The quantitative estimate of drug-likeness (QED) is 0.477. The minimum Gasteiger partial charge on any atom is -0.356 e. The van der Waals surface area contributed by atoms with Crippen LogP contribution >= 0.6 is 0 Å². The first-order chi connectivity index (χ1) is 6.52. The van der Waals surface area contributed by atoms with E-state index in [-0.39, 0.29) is 0 Å². The maximum Gasteiger partial charge on any atom is 0.404 e. The summed E-state index contributed by atoms with van der Waals surface area (Å²) in [4.78, 5) is 21.3. The Morgan fingerprint density at radius 2 is 2.07 bits per heavy atom. The number of pyridine rings is 1. The van der Waals surface area contributed by atoms with Crippen LogP contribution in [0.2, 0.25) is 0 Å². The van der Waals surface area contributed by atoms with E-state index in [1.807, 2.05) is 6.07 Å². The summed E-state index contributed by atoms with van der Waals surface area (Å²) in [6.07, 6.45) is 1.70. The second-order valence-corrected chi connectivity index (χ2v) is 1.99. The molecule has 0 aliphatic rings. The molecule has 2 amide bonds. The van der Waals surface area contributed by atoms with E-state index in [0.717, 1.165) is 0 Å². The van der Waals surface area contributed by atoms with Crippen LogP contribution in [0.5, 0.6) is 0 Å². The zero-order chi connectivity index (χ0) is 11.0. The van der Waals surface area contributed by atoms with E-state index in [1.54, 1.807) is 18.3 Å². The highest BCUT2D eigenvalue weighted by Crippen LogP contribution is 1.91. The Hall–Kier alpha value is -2.38. The van der Waals surface area contributed by atoms with Gasteiger partial charge in [0.1, 0.15) is 0 Å². The van der Waals surface area contributed by atoms with E-state index in [1.165, 1.54) is 0 Å². The second kappa shape index (κ2) is 6.17. The largest absolute Gasteiger partial charge is 0.404 e. The molecule has 1 aromatic rings. The third-order valence-corrected chi connectivity index (χ3v) is 0.967. The zero-order valence-corrected chi connectivity index (χ0v) is 6.97. The summed E-state index contributed by atoms with van der Waals surface area (Å²) in [6, 6.07) is 4.75. The highest BCUT2D eigenvalue weighted by molar-refractivity contribution is 5.85. The van der Waals surface area contributed by atoms with E-state index >= 15 is 0 Å². The number of nitrogens with zero attached hydrogens (tertiary/aromatic N) is 1. The van der Waals surface area contributed by atoms with Gasteiger partial charge in [0, 0.05) is 6.07 Å². The molecule has 0 aromatic carbocycles. The van der Waals surface area contributed by atoms with Gasteiger partial charge in [0.05, 0.1) is 11.3 Å². The number of aromatic nitrogens is 1. The van der Waals surface area contributed by atoms with Crippen molar-refractivity contribution in [3.8, 4) is 0 Å². The van der Waals surface area contributed by atoms with E-state index in [2.05, 4.69) is 10.3 Å². The zero-order valence-electron chi connectivity index (χ0n) is 6.97. The van der Waals surface area contributed by atoms with Crippen molar-refractivity contribution in [2.24, 2.45) is 5.73 Å². The van der Waals surface area contributed by atoms with E-state index in [4.69, 9.17) is 21.1 Å². The summed E-state index contributed by atoms with van der Waals surface area (Å²) in [6.45, 7) is 0. The molecule has 8 heteroatoms. The molecule has 1 rings (SSSR count). The molecule has 0 aliphatic heterocycles. The van der Waals surface area contributed by atoms with Crippen LogP contribution in [0.4, 0.5) is 10.6 Å². The number of anilines is 1. The predicted octanol–water partition coefficient (Wildman–Crippen LogP) is -0.248. The van der Waals surface area contributed by atoms with E-state index in [0.29, 0.717) is 5.82 Å². The highest BCUT2D eigenvalue weighted by atomic mass is 16.9. The van der Waals surface area contributed by atoms with E-state index in [9.17, 15) is 4.79 Å². The van der Waals surface area contributed by atoms with Crippen LogP contribution in [-0.4, -0.2) is 11.1 Å². The summed E-state index contributed by atoms with van der Waals surface area (Å²) in [7, 11) is 0. The number of H-pyrrole nitrogens is 1. The second-order valence-electron chi connectivity index (χ2n) is 1.99. The van der Waals surface area contributed by atoms with Gasteiger partial charge in [0.2, 0.25) is 0 Å². The van der Waals surface area contributed by atoms with Crippen molar-refractivity contribution in [2.45, 2.75) is 0 Å². The molecule has 0 atom stereocenters. The lowest BCUT2D eigenvalue weighted by Crippen LogP contribution is -2.23. The third-order valence-electron chi connectivity index (χ3n) is 0.967. The van der Waals surface area contributed by atoms with Crippen LogP contribution in [0, 0.1) is 15.3 Å². The first-order valence-corrected chi connectivity index (χ1v) is 3.37. The topological polar surface area (TPSA) is 135 Å². The molecule has 8 nitrogen and oxygen atoms in total. The van der Waals surface area contributed by atoms with Gasteiger partial charge in [0.15, 0.2) is 0 Å². The predicted molar refractivity (Wildman–Crippen MR) is 46.6 cm³/mol. The van der Waals surface area contributed by atoms with Crippen molar-refractivity contribution < 1.29 is 14.9 Å². The first-order valence-electron chi connectivity index (χ1n) is 3.37. The number of aromatic amines is 1. The van der Waals surface area contributed by atoms with Gasteiger partial charge in [-0.25, -0.2) is 9.78 Å². The van der Waals surface area contributed by atoms with Crippen molar-refractivity contribution in [1.29, 1.82) is 0 Å². The molecule has 0 unspecified atom stereocenters. The minimum absolute atomic E-state index is 0.567. The Morgan fingerprint density at radius 3 is 2.43 bits per heavy atom. The highest BCUT2D eigenvalue weighted by Gasteiger charge is 2.01. The SMILES string of the molecule is NC(=O)Nc1cccc[nH+]1.O=[N+]([O-])[O-]. The maximum atomic E-state index is 10.3. The number of carbonyl (C=O) groups is 1. The lowest BCUT2D eigenvalue weighted by molar-refractivity contribution is -0.402. The fourth-order valence-electron chi connectivity index (χ4n) is 0.604. The van der Waals surface area contributed by atoms with Crippen LogP contribution < -0.4 is 16.0 Å². The molecule has 1 heterocycles. The number of hydrogen-bond donors (Lipinski definition) is 2. The smallest absolute Gasteiger partial charge is 0.356 e. The number of nitrogens with two attached hydrogens (primary N) is 1. The minimum atomic E-state index is -1.75. The van der Waals surface area contributed by atoms with Gasteiger partial charge in [-0.1, -0.05) is 6.07 Å². The molecule has 4 N–H and O–H groups in total. The molecule has 14 heavy (non-hydrogen) atoms. The summed E-state index contributed by atoms with van der Waals surface area (Å²) in [5.74, 6) is 0.593. The van der Waals surface area contributed by atoms with Crippen LogP contribution in [0.1, 0.15) is 0 Å². The molecular weight excluding hydrogens is 192 g/mol. The normalized spacial score (nSPS) is 8.00. The number of hydrogen-bond acceptors (Lipinski definition) is 4. The van der Waals surface area contributed by atoms with Gasteiger partial charge in [-0.3, -0.25) is 0 Å². The van der Waals surface area contributed by atoms with Gasteiger partial charge in [-0.05, 0) is 6.07 Å². The maximum absolute atomic E-state index is 10.3. The molecule has 0 aliphatic carbocycles. The average molecular weight is 200 g/mol. The molecule has 0 bridgehead atoms. The lowest BCUT2D eigenvalue weighted by atomic mass is 10.5. The van der Waals surface area contributed by atoms with Crippen molar-refractivity contribution in [1.82, 2.24) is 0 Å². The molecule has 0 saturated heterocycles. The number of carbonyl (C=O) groups excluding carboxylic acids is 1. The number of primary amides is 1. The Kier molecular flexibility index (Phi) is 5.12. The molecule has 0 radical (unpaired) electrons. The Bertz CT molecular complexity index is 298. The molecule has 1 aromatic heterocycles. The van der Waals surface area contributed by atoms with Gasteiger partial charge in [-0.2, -0.15) is 5.32 Å². The summed E-state index contributed by atoms with van der Waals surface area (Å²) < 4.78 is 0. The van der Waals surface area contributed by atoms with Crippen molar-refractivity contribution in [3.63, 3.8) is 0 Å². The number of amides is 2. The van der Waals surface area contributed by atoms with Crippen LogP contribution in [0.3, 0.4) is 0 Å². The van der Waals surface area contributed by atoms with Crippen molar-refractivity contribution in [2.75, 3.05) is 5.32 Å². The van der Waals surface area contributed by atoms with Gasteiger partial charge in [-0.15, -0.1) is 0 Å². The number of nitrogens with one attached hydrogen (secondary N) is 2. The summed E-state index contributed by atoms with van der Waals surface area (Å²) in [5.41, 5.74) is 4.85. The van der Waals surface area contributed by atoms with Crippen LogP contribution in [0.25, 0.3) is 0 Å². The third kappa shape index (κ3) is 7.72. The summed E-state index contributed by atoms with van der Waals surface area (Å²) in [5, 5.41) is 17.1. The van der Waals surface area contributed by atoms with Crippen LogP contribution in [-0.2, 0) is 0 Å². The lowest BCUT2D eigenvalue weighted by Gasteiger charge is -1.88. The van der Waals surface area contributed by atoms with Crippen molar-refractivity contribution in [3.05, 3.63) is 39.7 Å². The standard InChI is InChI=1S/C6H7N3O.NO3/c7-6(10)9-5-3-1-2-4-8-5;2-1(3)4/h1-4H,(H3,7,8,9,10);/q;-1/p+1. The first kappa shape index (κ1) is 11.6. The monoisotopic (exact) mass is 200 g/mol. The number of urea groups is 1. The molecule has 0 spiro atoms. The Balaban J connectivity index is 0.000000364. The molecule has 0 fully saturated rings. The van der Waals surface area contributed by atoms with Crippen LogP contribution in [0.15, 0.2) is 24.4 Å². The molecule has 76 valence electrons. The van der Waals surface area contributed by atoms with Gasteiger partial charge < -0.3 is 21.1 Å². The van der Waals surface area contributed by atoms with Crippen molar-refractivity contribution >= 4 is 11.8 Å². The Labute approximate surface area is 78.5 Å². The fraction of sp³-hybridized carbons (Fsp3) is 0. The fourth-order valence-corrected chi connectivity index (χ4v) is 0.604. The molecular formula is C6H8N4O4. The number of rotatable bonds is 1. The molecule has 0 saturated carbocycles. The average Bonchev–Trinajstić information content (AvgIpc) is 2.03. The summed E-state index contributed by atoms with van der Waals surface area (Å²) >= 11 is 0. The van der Waals surface area contributed by atoms with E-state index < -0.39 is 11.1 Å². The Morgan fingerprint density at radius 1 is 1.50 bits per heavy atom. The van der Waals surface area contributed by atoms with Gasteiger partial charge >= 0.3 is 6.03 Å². The van der Waals surface area contributed by atoms with Gasteiger partial charge in [0.25, 0.3) is 5.82 Å².